The van der Waals surface area contributed by atoms with Gasteiger partial charge in [0, 0.05) is 10.8 Å². The van der Waals surface area contributed by atoms with Crippen LogP contribution >= 0.6 is 11.3 Å². The number of fused-ring (bicyclic) bond motifs is 1. The van der Waals surface area contributed by atoms with Crippen LogP contribution in [0.4, 0.5) is 4.39 Å². The molecule has 1 fully saturated rings. The number of halogens is 1. The number of likely N-dealkylation sites (tertiary alicyclic amines) is 1. The Morgan fingerprint density at radius 2 is 1.74 bits per heavy atom. The van der Waals surface area contributed by atoms with Gasteiger partial charge in [0.2, 0.25) is 11.8 Å². The molecule has 1 aliphatic carbocycles. The molecule has 47 heavy (non-hydrogen) atoms. The number of carbonyl (C=O) groups is 2. The lowest BCUT2D eigenvalue weighted by atomic mass is 9.68. The first-order valence-electron chi connectivity index (χ1n) is 15.6. The van der Waals surface area contributed by atoms with Crippen LogP contribution < -0.4 is 4.74 Å². The number of ether oxygens (including phenoxy) is 1. The number of rotatable bonds is 12. The van der Waals surface area contributed by atoms with Crippen molar-refractivity contribution in [3.8, 4) is 11.5 Å². The minimum absolute atomic E-state index is 0.0939. The van der Waals surface area contributed by atoms with E-state index in [9.17, 15) is 29.3 Å². The number of aliphatic hydroxyl groups excluding tert-OH is 2. The molecule has 242 valence electrons. The molecule has 0 radical (unpaired) electrons. The Kier molecular flexibility index (Phi) is 9.96. The molecule has 3 N–H and O–H groups in total. The van der Waals surface area contributed by atoms with E-state index in [1.165, 1.54) is 28.4 Å². The fourth-order valence-corrected chi connectivity index (χ4v) is 7.47. The number of aliphatic hydroxyl groups is 2. The molecule has 9 heteroatoms. The number of imide groups is 1. The maximum atomic E-state index is 14.2. The van der Waals surface area contributed by atoms with Crippen LogP contribution in [0.5, 0.6) is 11.5 Å². The van der Waals surface area contributed by atoms with Crippen molar-refractivity contribution < 1.29 is 34.0 Å². The van der Waals surface area contributed by atoms with Gasteiger partial charge in [-0.1, -0.05) is 66.7 Å². The number of hydrogen-bond donors (Lipinski definition) is 3. The second-order valence-corrected chi connectivity index (χ2v) is 13.0. The second kappa shape index (κ2) is 14.5. The van der Waals surface area contributed by atoms with Crippen molar-refractivity contribution in [2.75, 3.05) is 13.2 Å². The first-order chi connectivity index (χ1) is 22.8. The summed E-state index contributed by atoms with van der Waals surface area (Å²) in [5, 5.41) is 34.2. The lowest BCUT2D eigenvalue weighted by Gasteiger charge is -2.36. The van der Waals surface area contributed by atoms with Gasteiger partial charge in [0.15, 0.2) is 11.6 Å². The van der Waals surface area contributed by atoms with Crippen LogP contribution in [0.25, 0.3) is 11.6 Å². The van der Waals surface area contributed by atoms with Gasteiger partial charge in [-0.2, -0.15) is 0 Å². The first kappa shape index (κ1) is 32.4. The van der Waals surface area contributed by atoms with Crippen LogP contribution in [-0.4, -0.2) is 51.4 Å². The molecule has 1 aromatic heterocycles. The number of aromatic hydroxyl groups is 1. The van der Waals surface area contributed by atoms with Crippen molar-refractivity contribution >= 4 is 34.8 Å². The van der Waals surface area contributed by atoms with Crippen LogP contribution in [0.2, 0.25) is 0 Å². The van der Waals surface area contributed by atoms with E-state index >= 15 is 0 Å². The molecule has 7 nitrogen and oxygen atoms in total. The number of carbonyl (C=O) groups excluding carboxylic acids is 2. The lowest BCUT2D eigenvalue weighted by Crippen LogP contribution is -2.40. The summed E-state index contributed by atoms with van der Waals surface area (Å²) < 4.78 is 20.3. The minimum Gasteiger partial charge on any atom is -0.505 e. The van der Waals surface area contributed by atoms with Gasteiger partial charge < -0.3 is 20.1 Å². The van der Waals surface area contributed by atoms with Crippen molar-refractivity contribution in [3.05, 3.63) is 129 Å². The van der Waals surface area contributed by atoms with Crippen molar-refractivity contribution in [1.29, 1.82) is 0 Å². The lowest BCUT2D eigenvalue weighted by molar-refractivity contribution is -0.140. The van der Waals surface area contributed by atoms with E-state index in [0.717, 1.165) is 16.0 Å². The zero-order valence-corrected chi connectivity index (χ0v) is 26.5. The first-order valence-corrected chi connectivity index (χ1v) is 16.5. The van der Waals surface area contributed by atoms with Gasteiger partial charge in [0.25, 0.3) is 0 Å². The van der Waals surface area contributed by atoms with Gasteiger partial charge in [-0.05, 0) is 82.8 Å². The number of nitrogens with zero attached hydrogens (tertiary/aromatic N) is 1. The van der Waals surface area contributed by atoms with Crippen molar-refractivity contribution in [2.24, 2.45) is 17.8 Å². The molecule has 0 bridgehead atoms. The summed E-state index contributed by atoms with van der Waals surface area (Å²) in [6.07, 6.45) is 1.62. The van der Waals surface area contributed by atoms with E-state index in [4.69, 9.17) is 4.74 Å². The van der Waals surface area contributed by atoms with Gasteiger partial charge in [-0.3, -0.25) is 14.5 Å². The summed E-state index contributed by atoms with van der Waals surface area (Å²) in [6.45, 7) is -0.142. The van der Waals surface area contributed by atoms with E-state index in [2.05, 4.69) is 0 Å². The highest BCUT2D eigenvalue weighted by molar-refractivity contribution is 7.09. The Morgan fingerprint density at radius 3 is 2.43 bits per heavy atom. The molecule has 2 amide bonds. The molecule has 3 aromatic carbocycles. The maximum Gasteiger partial charge on any atom is 0.234 e. The zero-order valence-electron chi connectivity index (χ0n) is 25.7. The summed E-state index contributed by atoms with van der Waals surface area (Å²) in [5.74, 6) is -3.36. The largest absolute Gasteiger partial charge is 0.505 e. The third-order valence-electron chi connectivity index (χ3n) is 9.03. The number of hydrogen-bond acceptors (Lipinski definition) is 7. The Balaban J connectivity index is 1.31. The SMILES string of the molecule is O=C1[C@@H]2[C@@H](CC(COc3ccccc3)=C([C@H](O)CC/C(=C/c3ccc(O)c(F)c3)c3ccccc3)[C@@H]2CO)C(=O)N1Cc1cccs1. The van der Waals surface area contributed by atoms with E-state index in [0.29, 0.717) is 28.9 Å². The van der Waals surface area contributed by atoms with Gasteiger partial charge in [0.05, 0.1) is 31.1 Å². The zero-order chi connectivity index (χ0) is 32.9. The third kappa shape index (κ3) is 7.07. The number of allylic oxidation sites excluding steroid dienone is 1. The highest BCUT2D eigenvalue weighted by atomic mass is 32.1. The third-order valence-corrected chi connectivity index (χ3v) is 9.89. The Hall–Kier alpha value is -4.57. The summed E-state index contributed by atoms with van der Waals surface area (Å²) in [5.41, 5.74) is 3.51. The molecule has 2 aliphatic rings. The molecule has 0 saturated carbocycles. The predicted octanol–water partition coefficient (Wildman–Crippen LogP) is 6.46. The second-order valence-electron chi connectivity index (χ2n) is 11.9. The molecular formula is C38H36FNO6S. The molecule has 1 aliphatic heterocycles. The fourth-order valence-electron chi connectivity index (χ4n) is 6.77. The van der Waals surface area contributed by atoms with Crippen LogP contribution in [-0.2, 0) is 16.1 Å². The smallest absolute Gasteiger partial charge is 0.234 e. The number of phenolic OH excluding ortho intramolecular Hbond substituents is 1. The number of benzene rings is 3. The molecule has 6 rings (SSSR count). The van der Waals surface area contributed by atoms with Gasteiger partial charge in [-0.25, -0.2) is 4.39 Å². The van der Waals surface area contributed by atoms with Gasteiger partial charge >= 0.3 is 0 Å². The standard InChI is InChI=1S/C38H36FNO6S/c39-32-19-24(13-15-33(32)42)18-26(25-8-3-1-4-9-25)14-16-34(43)35-27(23-46-28-10-5-2-6-11-28)20-30-36(31(35)22-41)38(45)40(37(30)44)21-29-12-7-17-47-29/h1-13,15,17-19,30-31,34,36,41-43H,14,16,20-23H2/b26-18-/t30-,31+,34-,36-/m1/s1. The molecule has 4 aromatic rings. The summed E-state index contributed by atoms with van der Waals surface area (Å²) >= 11 is 1.47. The molecule has 0 unspecified atom stereocenters. The minimum atomic E-state index is -1.06. The Morgan fingerprint density at radius 1 is 1.00 bits per heavy atom. The number of para-hydroxylation sites is 1. The highest BCUT2D eigenvalue weighted by Crippen LogP contribution is 2.47. The van der Waals surface area contributed by atoms with Crippen LogP contribution in [0.15, 0.2) is 108 Å². The number of thiophene rings is 1. The summed E-state index contributed by atoms with van der Waals surface area (Å²) in [4.78, 5) is 29.7. The van der Waals surface area contributed by atoms with Crippen molar-refractivity contribution in [2.45, 2.75) is 31.9 Å². The van der Waals surface area contributed by atoms with Crippen LogP contribution in [0.3, 0.4) is 0 Å². The van der Waals surface area contributed by atoms with Gasteiger partial charge in [-0.15, -0.1) is 11.3 Å². The highest BCUT2D eigenvalue weighted by Gasteiger charge is 2.54. The van der Waals surface area contributed by atoms with E-state index in [1.54, 1.807) is 6.07 Å². The number of phenols is 1. The summed E-state index contributed by atoms with van der Waals surface area (Å²) in [6, 6.07) is 26.7. The average molecular weight is 654 g/mol. The molecule has 0 spiro atoms. The quantitative estimate of drug-likeness (QED) is 0.0921. The maximum absolute atomic E-state index is 14.2. The fraction of sp³-hybridized carbons (Fsp3) is 0.263. The van der Waals surface area contributed by atoms with Crippen LogP contribution in [0, 0.1) is 23.6 Å². The van der Waals surface area contributed by atoms with E-state index < -0.39 is 42.0 Å². The monoisotopic (exact) mass is 653 g/mol. The summed E-state index contributed by atoms with van der Waals surface area (Å²) in [7, 11) is 0. The molecule has 1 saturated heterocycles. The molecule has 2 heterocycles. The molecular weight excluding hydrogens is 617 g/mol. The van der Waals surface area contributed by atoms with Gasteiger partial charge in [0.1, 0.15) is 12.4 Å². The van der Waals surface area contributed by atoms with E-state index in [1.807, 2.05) is 84.3 Å². The Labute approximate surface area is 276 Å². The normalized spacial score (nSPS) is 20.4. The van der Waals surface area contributed by atoms with Crippen LogP contribution in [0.1, 0.15) is 35.3 Å². The van der Waals surface area contributed by atoms with E-state index in [-0.39, 0.29) is 37.8 Å². The molecule has 4 atom stereocenters. The van der Waals surface area contributed by atoms with Crippen molar-refractivity contribution in [3.63, 3.8) is 0 Å². The van der Waals surface area contributed by atoms with Crippen molar-refractivity contribution in [1.82, 2.24) is 4.90 Å². The number of amides is 2. The predicted molar refractivity (Wildman–Crippen MR) is 179 cm³/mol. The Bertz CT molecular complexity index is 1770. The topological polar surface area (TPSA) is 107 Å². The average Bonchev–Trinajstić information content (AvgIpc) is 3.70.